The Bertz CT molecular complexity index is 216. The second kappa shape index (κ2) is 2.50. The third-order valence-electron chi connectivity index (χ3n) is 0.965. The van der Waals surface area contributed by atoms with Gasteiger partial charge < -0.3 is 4.89 Å². The lowest BCUT2D eigenvalue weighted by Crippen LogP contribution is -2.47. The van der Waals surface area contributed by atoms with E-state index in [9.17, 15) is 9.69 Å². The summed E-state index contributed by atoms with van der Waals surface area (Å²) in [5.41, 5.74) is 0. The number of carbonyl (C=O) groups is 1. The van der Waals surface area contributed by atoms with Crippen molar-refractivity contribution in [3.8, 4) is 0 Å². The van der Waals surface area contributed by atoms with Crippen molar-refractivity contribution in [1.82, 2.24) is 4.90 Å². The summed E-state index contributed by atoms with van der Waals surface area (Å²) >= 11 is 15.8. The lowest BCUT2D eigenvalue weighted by molar-refractivity contribution is -0.157. The molecule has 1 unspecified atom stereocenters. The maximum atomic E-state index is 10.6. The van der Waals surface area contributed by atoms with Crippen LogP contribution in [0.25, 0.3) is 0 Å². The monoisotopic (exact) mass is 219 g/mol. The lowest BCUT2D eigenvalue weighted by Gasteiger charge is -2.31. The van der Waals surface area contributed by atoms with Crippen molar-refractivity contribution in [3.63, 3.8) is 0 Å². The Kier molecular flexibility index (Phi) is 2.15. The van der Waals surface area contributed by atoms with Gasteiger partial charge in [-0.3, -0.25) is 4.79 Å². The average molecular weight is 220 g/mol. The predicted molar refractivity (Wildman–Crippen MR) is 40.5 cm³/mol. The van der Waals surface area contributed by atoms with Crippen LogP contribution in [-0.2, 0) is 0 Å². The molecular formula is C3HCl3NO2P. The molecule has 0 N–H and O–H groups in total. The summed E-state index contributed by atoms with van der Waals surface area (Å²) in [4.78, 5) is 21.8. The van der Waals surface area contributed by atoms with E-state index in [-0.39, 0.29) is 0 Å². The topological polar surface area (TPSA) is 43.4 Å². The molecule has 0 aromatic heterocycles. The maximum Gasteiger partial charge on any atom is 0.358 e. The quantitative estimate of drug-likeness (QED) is 0.267. The molecule has 0 saturated carbocycles. The molecule has 0 aromatic carbocycles. The SMILES string of the molecule is O=C(Cl)N1C=[P+]([O-])C1(Cl)Cl. The van der Waals surface area contributed by atoms with Gasteiger partial charge in [-0.05, 0) is 34.8 Å². The fourth-order valence-electron chi connectivity index (χ4n) is 0.445. The fraction of sp³-hybridized carbons (Fsp3) is 0.333. The Labute approximate surface area is 72.9 Å². The second-order valence-corrected chi connectivity index (χ2v) is 5.24. The molecule has 0 aromatic rings. The van der Waals surface area contributed by atoms with Crippen molar-refractivity contribution in [2.75, 3.05) is 0 Å². The van der Waals surface area contributed by atoms with Crippen molar-refractivity contribution in [3.05, 3.63) is 0 Å². The number of amides is 1. The molecule has 3 nitrogen and oxygen atoms in total. The molecule has 0 bridgehead atoms. The molecule has 56 valence electrons. The summed E-state index contributed by atoms with van der Waals surface area (Å²) < 4.78 is -1.63. The van der Waals surface area contributed by atoms with Crippen LogP contribution in [0.2, 0.25) is 0 Å². The first-order valence-corrected chi connectivity index (χ1v) is 4.60. The van der Waals surface area contributed by atoms with Gasteiger partial charge in [0.25, 0.3) is 0 Å². The number of hydrogen-bond acceptors (Lipinski definition) is 2. The molecule has 10 heavy (non-hydrogen) atoms. The van der Waals surface area contributed by atoms with Crippen molar-refractivity contribution >= 4 is 53.9 Å². The number of carbonyl (C=O) groups excluding carboxylic acids is 1. The average Bonchev–Trinajstić information content (AvgIpc) is 1.82. The molecule has 0 fully saturated rings. The van der Waals surface area contributed by atoms with E-state index in [1.165, 1.54) is 0 Å². The highest BCUT2D eigenvalue weighted by molar-refractivity contribution is 7.58. The van der Waals surface area contributed by atoms with Gasteiger partial charge in [-0.1, -0.05) is 0 Å². The van der Waals surface area contributed by atoms with Crippen LogP contribution in [0.4, 0.5) is 4.79 Å². The van der Waals surface area contributed by atoms with Crippen molar-refractivity contribution < 1.29 is 9.69 Å². The van der Waals surface area contributed by atoms with Crippen LogP contribution in [0.1, 0.15) is 0 Å². The third kappa shape index (κ3) is 1.13. The minimum absolute atomic E-state index is 0.802. The van der Waals surface area contributed by atoms with Gasteiger partial charge in [0.05, 0.1) is 0 Å². The smallest absolute Gasteiger partial charge is 0.358 e. The highest BCUT2D eigenvalue weighted by atomic mass is 35.5. The molecule has 1 aliphatic rings. The van der Waals surface area contributed by atoms with Crippen molar-refractivity contribution in [1.29, 1.82) is 0 Å². The zero-order chi connectivity index (χ0) is 7.94. The number of hydrogen-bond donors (Lipinski definition) is 0. The number of alkyl halides is 2. The summed E-state index contributed by atoms with van der Waals surface area (Å²) in [6.07, 6.45) is 0. The third-order valence-corrected chi connectivity index (χ3v) is 3.70. The van der Waals surface area contributed by atoms with Crippen LogP contribution >= 0.6 is 42.6 Å². The molecule has 1 amide bonds. The minimum Gasteiger partial charge on any atom is -0.625 e. The highest BCUT2D eigenvalue weighted by Gasteiger charge is 2.52. The highest BCUT2D eigenvalue weighted by Crippen LogP contribution is 2.51. The molecule has 0 radical (unpaired) electrons. The molecule has 0 aliphatic carbocycles. The molecule has 1 rings (SSSR count). The summed E-state index contributed by atoms with van der Waals surface area (Å²) in [7, 11) is -1.86. The first-order valence-electron chi connectivity index (χ1n) is 2.14. The molecule has 1 heterocycles. The second-order valence-electron chi connectivity index (χ2n) is 1.57. The van der Waals surface area contributed by atoms with Gasteiger partial charge in [0, 0.05) is 0 Å². The molecule has 1 atom stereocenters. The summed E-state index contributed by atoms with van der Waals surface area (Å²) in [6, 6.07) is 0. The Hall–Kier alpha value is 0.470. The summed E-state index contributed by atoms with van der Waals surface area (Å²) in [6.45, 7) is 0. The largest absolute Gasteiger partial charge is 0.625 e. The number of nitrogens with zero attached hydrogens (tertiary/aromatic N) is 1. The van der Waals surface area contributed by atoms with Crippen LogP contribution < -0.4 is 4.89 Å². The zero-order valence-corrected chi connectivity index (χ0v) is 7.58. The molecule has 0 spiro atoms. The van der Waals surface area contributed by atoms with E-state index in [0.29, 0.717) is 0 Å². The predicted octanol–water partition coefficient (Wildman–Crippen LogP) is 1.27. The summed E-state index contributed by atoms with van der Waals surface area (Å²) in [5.74, 6) is 1.09. The normalized spacial score (nSPS) is 25.2. The van der Waals surface area contributed by atoms with E-state index >= 15 is 0 Å². The van der Waals surface area contributed by atoms with E-state index in [0.717, 1.165) is 10.8 Å². The first kappa shape index (κ1) is 8.57. The Morgan fingerprint density at radius 1 is 1.70 bits per heavy atom. The molecule has 1 aliphatic heterocycles. The van der Waals surface area contributed by atoms with Crippen LogP contribution in [0.3, 0.4) is 0 Å². The number of rotatable bonds is 0. The van der Waals surface area contributed by atoms with Crippen LogP contribution in [0.15, 0.2) is 0 Å². The van der Waals surface area contributed by atoms with Gasteiger partial charge in [-0.15, -0.1) is 0 Å². The Morgan fingerprint density at radius 2 is 2.20 bits per heavy atom. The fourth-order valence-corrected chi connectivity index (χ4v) is 2.29. The van der Waals surface area contributed by atoms with E-state index < -0.39 is 17.3 Å². The van der Waals surface area contributed by atoms with Crippen LogP contribution in [0.5, 0.6) is 0 Å². The standard InChI is InChI=1S/C3HCl3NO2P/c4-2(8)7-1-10(9)3(7,5)6/h1H. The van der Waals surface area contributed by atoms with Gasteiger partial charge in [0.2, 0.25) is 0 Å². The molecule has 0 saturated heterocycles. The van der Waals surface area contributed by atoms with Gasteiger partial charge in [-0.2, -0.15) is 4.90 Å². The van der Waals surface area contributed by atoms with Gasteiger partial charge in [0.1, 0.15) is 7.77 Å². The lowest BCUT2D eigenvalue weighted by atomic mass is 10.9. The van der Waals surface area contributed by atoms with Gasteiger partial charge in [0.15, 0.2) is 5.92 Å². The van der Waals surface area contributed by atoms with E-state index in [1.54, 1.807) is 0 Å². The van der Waals surface area contributed by atoms with Crippen molar-refractivity contribution in [2.45, 2.75) is 4.20 Å². The maximum absolute atomic E-state index is 10.6. The zero-order valence-electron chi connectivity index (χ0n) is 4.42. The van der Waals surface area contributed by atoms with Crippen LogP contribution in [0, 0.1) is 0 Å². The Morgan fingerprint density at radius 3 is 2.30 bits per heavy atom. The van der Waals surface area contributed by atoms with Gasteiger partial charge in [-0.25, -0.2) is 0 Å². The molecular weight excluding hydrogens is 219 g/mol. The molecule has 7 heteroatoms. The Balaban J connectivity index is 2.82. The van der Waals surface area contributed by atoms with Crippen LogP contribution in [-0.4, -0.2) is 20.4 Å². The van der Waals surface area contributed by atoms with E-state index in [4.69, 9.17) is 34.8 Å². The van der Waals surface area contributed by atoms with E-state index in [1.807, 2.05) is 0 Å². The van der Waals surface area contributed by atoms with E-state index in [2.05, 4.69) is 0 Å². The first-order chi connectivity index (χ1) is 4.46. The van der Waals surface area contributed by atoms with Crippen molar-refractivity contribution in [2.24, 2.45) is 0 Å². The summed E-state index contributed by atoms with van der Waals surface area (Å²) in [5, 5.41) is -0.834. The minimum atomic E-state index is -1.86. The number of halogens is 3. The van der Waals surface area contributed by atoms with Gasteiger partial charge >= 0.3 is 9.56 Å².